The smallest absolute Gasteiger partial charge is 0.257 e. The van der Waals surface area contributed by atoms with Gasteiger partial charge in [0, 0.05) is 29.0 Å². The van der Waals surface area contributed by atoms with E-state index in [1.807, 2.05) is 13.8 Å². The van der Waals surface area contributed by atoms with Gasteiger partial charge in [0.15, 0.2) is 34.6 Å². The summed E-state index contributed by atoms with van der Waals surface area (Å²) in [4.78, 5) is 0. The number of methoxy groups -OCH3 is 2. The predicted molar refractivity (Wildman–Crippen MR) is 108 cm³/mol. The molecule has 0 bridgehead atoms. The summed E-state index contributed by atoms with van der Waals surface area (Å²) in [6.07, 6.45) is 3.98. The Hall–Kier alpha value is -2.50. The monoisotopic (exact) mass is 416 g/mol. The van der Waals surface area contributed by atoms with Crippen molar-refractivity contribution >= 4 is 0 Å². The van der Waals surface area contributed by atoms with Crippen LogP contribution < -0.4 is 18.9 Å². The van der Waals surface area contributed by atoms with Crippen LogP contribution in [0.1, 0.15) is 41.5 Å². The maximum atomic E-state index is 15.1. The van der Waals surface area contributed by atoms with Crippen LogP contribution in [0.4, 0.5) is 8.78 Å². The van der Waals surface area contributed by atoms with Crippen LogP contribution in [0.3, 0.4) is 0 Å². The van der Waals surface area contributed by atoms with Gasteiger partial charge in [-0.2, -0.15) is 0 Å². The van der Waals surface area contributed by atoms with Crippen molar-refractivity contribution in [3.8, 4) is 23.0 Å². The first-order valence-corrected chi connectivity index (χ1v) is 10.5. The van der Waals surface area contributed by atoms with E-state index in [4.69, 9.17) is 18.9 Å². The molecule has 2 heterocycles. The molecule has 2 aromatic rings. The van der Waals surface area contributed by atoms with Crippen LogP contribution in [0.15, 0.2) is 12.1 Å². The Morgan fingerprint density at radius 3 is 2.13 bits per heavy atom. The normalized spacial score (nSPS) is 26.3. The van der Waals surface area contributed by atoms with E-state index in [1.54, 1.807) is 0 Å². The fourth-order valence-corrected chi connectivity index (χ4v) is 5.59. The summed E-state index contributed by atoms with van der Waals surface area (Å²) in [5.74, 6) is -0.757. The van der Waals surface area contributed by atoms with Crippen molar-refractivity contribution in [2.24, 2.45) is 11.8 Å². The minimum Gasteiger partial charge on any atom is -0.493 e. The molecule has 0 aromatic heterocycles. The molecule has 0 N–H and O–H groups in total. The minimum atomic E-state index is -1.07. The zero-order chi connectivity index (χ0) is 21.2. The molecule has 3 aliphatic rings. The molecule has 1 saturated carbocycles. The highest BCUT2D eigenvalue weighted by molar-refractivity contribution is 5.57. The molecule has 1 aliphatic carbocycles. The average molecular weight is 416 g/mol. The molecule has 0 radical (unpaired) electrons. The van der Waals surface area contributed by atoms with Gasteiger partial charge in [0.1, 0.15) is 0 Å². The van der Waals surface area contributed by atoms with Crippen LogP contribution in [0.25, 0.3) is 0 Å². The SMILES string of the molecule is COc1cc(F)c2c(c1OC)C[C@H]1CCC[C@@H]3Cc4c(C)c(C)cc(F)c4O[C@@]31O2. The van der Waals surface area contributed by atoms with E-state index in [0.717, 1.165) is 36.0 Å². The van der Waals surface area contributed by atoms with Crippen LogP contribution in [0.5, 0.6) is 23.0 Å². The maximum Gasteiger partial charge on any atom is 0.257 e. The highest BCUT2D eigenvalue weighted by atomic mass is 19.1. The molecular weight excluding hydrogens is 390 g/mol. The number of halogens is 2. The van der Waals surface area contributed by atoms with Crippen molar-refractivity contribution in [3.05, 3.63) is 46.0 Å². The summed E-state index contributed by atoms with van der Waals surface area (Å²) in [5, 5.41) is 0. The van der Waals surface area contributed by atoms with E-state index < -0.39 is 11.6 Å². The summed E-state index contributed by atoms with van der Waals surface area (Å²) < 4.78 is 53.6. The van der Waals surface area contributed by atoms with E-state index in [-0.39, 0.29) is 29.2 Å². The van der Waals surface area contributed by atoms with E-state index >= 15 is 4.39 Å². The van der Waals surface area contributed by atoms with E-state index in [9.17, 15) is 4.39 Å². The van der Waals surface area contributed by atoms with Gasteiger partial charge in [-0.1, -0.05) is 6.42 Å². The highest BCUT2D eigenvalue weighted by Crippen LogP contribution is 2.56. The van der Waals surface area contributed by atoms with Crippen molar-refractivity contribution < 1.29 is 27.7 Å². The lowest BCUT2D eigenvalue weighted by Gasteiger charge is -2.53. The highest BCUT2D eigenvalue weighted by Gasteiger charge is 2.58. The standard InChI is InChI=1S/C24H26F2O4/c1-12-8-18(25)21-16(13(12)2)9-14-6-5-7-15-10-17-22(30-24(14,15)29-21)19(26)11-20(27-3)23(17)28-4/h8,11,14-15H,5-7,9-10H2,1-4H3/t14-,15-,24-/m1/s1. The van der Waals surface area contributed by atoms with Gasteiger partial charge in [-0.05, 0) is 56.7 Å². The van der Waals surface area contributed by atoms with Gasteiger partial charge >= 0.3 is 0 Å². The maximum absolute atomic E-state index is 15.1. The lowest BCUT2D eigenvalue weighted by molar-refractivity contribution is -0.228. The molecular formula is C24H26F2O4. The van der Waals surface area contributed by atoms with Gasteiger partial charge in [-0.25, -0.2) is 8.78 Å². The van der Waals surface area contributed by atoms with Crippen molar-refractivity contribution in [1.82, 2.24) is 0 Å². The third-order valence-electron chi connectivity index (χ3n) is 7.22. The van der Waals surface area contributed by atoms with E-state index in [1.165, 1.54) is 26.4 Å². The van der Waals surface area contributed by atoms with Gasteiger partial charge in [-0.15, -0.1) is 0 Å². The lowest BCUT2D eigenvalue weighted by atomic mass is 9.68. The zero-order valence-electron chi connectivity index (χ0n) is 17.7. The molecule has 2 aliphatic heterocycles. The zero-order valence-corrected chi connectivity index (χ0v) is 17.7. The number of ether oxygens (including phenoxy) is 4. The Bertz CT molecular complexity index is 1030. The molecule has 1 spiro atoms. The van der Waals surface area contributed by atoms with Gasteiger partial charge in [-0.3, -0.25) is 0 Å². The molecule has 1 fully saturated rings. The second-order valence-electron chi connectivity index (χ2n) is 8.67. The summed E-state index contributed by atoms with van der Waals surface area (Å²) in [5.41, 5.74) is 3.53. The molecule has 0 amide bonds. The number of hydrogen-bond acceptors (Lipinski definition) is 4. The van der Waals surface area contributed by atoms with Crippen LogP contribution in [-0.4, -0.2) is 20.0 Å². The first-order valence-electron chi connectivity index (χ1n) is 10.5. The minimum absolute atomic E-state index is 0.0293. The molecule has 160 valence electrons. The molecule has 2 aromatic carbocycles. The van der Waals surface area contributed by atoms with Gasteiger partial charge in [0.25, 0.3) is 5.79 Å². The summed E-state index contributed by atoms with van der Waals surface area (Å²) in [6.45, 7) is 3.91. The summed E-state index contributed by atoms with van der Waals surface area (Å²) in [7, 11) is 3.03. The number of rotatable bonds is 2. The number of benzene rings is 2. The average Bonchev–Trinajstić information content (AvgIpc) is 2.74. The van der Waals surface area contributed by atoms with Crippen molar-refractivity contribution in [2.75, 3.05) is 14.2 Å². The fraction of sp³-hybridized carbons (Fsp3) is 0.500. The number of fused-ring (bicyclic) bond motifs is 2. The number of aryl methyl sites for hydroxylation is 1. The van der Waals surface area contributed by atoms with Crippen LogP contribution in [-0.2, 0) is 12.8 Å². The lowest BCUT2D eigenvalue weighted by Crippen LogP contribution is -2.62. The predicted octanol–water partition coefficient (Wildman–Crippen LogP) is 5.28. The fourth-order valence-electron chi connectivity index (χ4n) is 5.59. The topological polar surface area (TPSA) is 36.9 Å². The third kappa shape index (κ3) is 2.55. The van der Waals surface area contributed by atoms with Gasteiger partial charge in [0.05, 0.1) is 14.2 Å². The van der Waals surface area contributed by atoms with Crippen molar-refractivity contribution in [2.45, 2.75) is 51.7 Å². The molecule has 30 heavy (non-hydrogen) atoms. The van der Waals surface area contributed by atoms with Crippen LogP contribution in [0.2, 0.25) is 0 Å². The van der Waals surface area contributed by atoms with Crippen molar-refractivity contribution in [3.63, 3.8) is 0 Å². The Morgan fingerprint density at radius 1 is 0.900 bits per heavy atom. The van der Waals surface area contributed by atoms with Crippen molar-refractivity contribution in [1.29, 1.82) is 0 Å². The first-order chi connectivity index (χ1) is 14.4. The van der Waals surface area contributed by atoms with Gasteiger partial charge in [0.2, 0.25) is 0 Å². The summed E-state index contributed by atoms with van der Waals surface area (Å²) in [6, 6.07) is 2.78. The molecule has 6 heteroatoms. The molecule has 4 nitrogen and oxygen atoms in total. The largest absolute Gasteiger partial charge is 0.493 e. The quantitative estimate of drug-likeness (QED) is 0.667. The molecule has 5 rings (SSSR count). The Morgan fingerprint density at radius 2 is 1.50 bits per heavy atom. The van der Waals surface area contributed by atoms with E-state index in [0.29, 0.717) is 29.9 Å². The second-order valence-corrected chi connectivity index (χ2v) is 8.67. The van der Waals surface area contributed by atoms with Crippen LogP contribution in [0, 0.1) is 37.3 Å². The third-order valence-corrected chi connectivity index (χ3v) is 7.22. The Kier molecular flexibility index (Phi) is 4.38. The first kappa shape index (κ1) is 19.5. The van der Waals surface area contributed by atoms with E-state index in [2.05, 4.69) is 0 Å². The Balaban J connectivity index is 1.66. The molecule has 0 saturated heterocycles. The number of hydrogen-bond donors (Lipinski definition) is 0. The molecule has 3 atom stereocenters. The summed E-state index contributed by atoms with van der Waals surface area (Å²) >= 11 is 0. The Labute approximate surface area is 175 Å². The van der Waals surface area contributed by atoms with Crippen LogP contribution >= 0.6 is 0 Å². The van der Waals surface area contributed by atoms with Gasteiger partial charge < -0.3 is 18.9 Å². The second kappa shape index (κ2) is 6.76. The molecule has 0 unspecified atom stereocenters.